The van der Waals surface area contributed by atoms with Crippen molar-refractivity contribution in [2.45, 2.75) is 0 Å². The molecule has 0 radical (unpaired) electrons. The lowest BCUT2D eigenvalue weighted by Gasteiger charge is -2.06. The number of aromatic nitrogens is 1. The summed E-state index contributed by atoms with van der Waals surface area (Å²) in [4.78, 5) is 4.08. The van der Waals surface area contributed by atoms with Crippen LogP contribution in [-0.4, -0.2) is 24.7 Å². The van der Waals surface area contributed by atoms with Crippen LogP contribution in [0.3, 0.4) is 0 Å². The molecule has 2 unspecified atom stereocenters. The normalized spacial score (nSPS) is 30.6. The maximum Gasteiger partial charge on any atom is 0.213 e. The quantitative estimate of drug-likeness (QED) is 0.810. The van der Waals surface area contributed by atoms with E-state index in [4.69, 9.17) is 10.00 Å². The Morgan fingerprint density at radius 3 is 2.88 bits per heavy atom. The van der Waals surface area contributed by atoms with E-state index >= 15 is 0 Å². The van der Waals surface area contributed by atoms with Crippen LogP contribution in [0.1, 0.15) is 5.56 Å². The minimum atomic E-state index is 0.569. The van der Waals surface area contributed by atoms with E-state index in [0.29, 0.717) is 17.4 Å². The highest BCUT2D eigenvalue weighted by atomic mass is 16.5. The van der Waals surface area contributed by atoms with E-state index in [2.05, 4.69) is 10.3 Å². The zero-order chi connectivity index (χ0) is 11.0. The number of nitrogens with zero attached hydrogens (tertiary/aromatic N) is 2. The molecule has 1 saturated heterocycles. The Morgan fingerprint density at radius 1 is 1.44 bits per heavy atom. The van der Waals surface area contributed by atoms with Crippen molar-refractivity contribution in [2.24, 2.45) is 17.8 Å². The van der Waals surface area contributed by atoms with Crippen molar-refractivity contribution in [3.05, 3.63) is 23.9 Å². The monoisotopic (exact) mass is 215 g/mol. The van der Waals surface area contributed by atoms with Crippen molar-refractivity contribution in [3.8, 4) is 11.9 Å². The highest BCUT2D eigenvalue weighted by Gasteiger charge is 2.52. The van der Waals surface area contributed by atoms with Gasteiger partial charge in [0, 0.05) is 18.2 Å². The summed E-state index contributed by atoms with van der Waals surface area (Å²) in [6.07, 6.45) is 1.55. The van der Waals surface area contributed by atoms with Crippen molar-refractivity contribution in [1.82, 2.24) is 10.3 Å². The highest BCUT2D eigenvalue weighted by Crippen LogP contribution is 2.48. The van der Waals surface area contributed by atoms with Crippen molar-refractivity contribution in [3.63, 3.8) is 0 Å². The molecule has 3 rings (SSSR count). The molecule has 16 heavy (non-hydrogen) atoms. The topological polar surface area (TPSA) is 57.9 Å². The van der Waals surface area contributed by atoms with Gasteiger partial charge in [-0.2, -0.15) is 5.26 Å². The molecule has 0 spiro atoms. The average molecular weight is 215 g/mol. The lowest BCUT2D eigenvalue weighted by Crippen LogP contribution is -2.17. The Bertz CT molecular complexity index is 413. The third-order valence-corrected chi connectivity index (χ3v) is 3.56. The Hall–Kier alpha value is -1.60. The number of nitrogens with one attached hydrogen (secondary N) is 1. The fraction of sp³-hybridized carbons (Fsp3) is 0.500. The molecule has 4 heteroatoms. The van der Waals surface area contributed by atoms with Crippen LogP contribution in [0.2, 0.25) is 0 Å². The standard InChI is InChI=1S/C12H13N3O/c13-3-8-1-2-12(15-4-8)16-7-11-9-5-14-6-10(9)11/h1-2,4,9-11,14H,5-7H2. The Kier molecular flexibility index (Phi) is 2.26. The fourth-order valence-corrected chi connectivity index (χ4v) is 2.51. The molecule has 1 saturated carbocycles. The van der Waals surface area contributed by atoms with E-state index < -0.39 is 0 Å². The largest absolute Gasteiger partial charge is 0.477 e. The molecule has 1 aliphatic carbocycles. The summed E-state index contributed by atoms with van der Waals surface area (Å²) in [5.74, 6) is 2.97. The molecule has 1 N–H and O–H groups in total. The van der Waals surface area contributed by atoms with Crippen molar-refractivity contribution in [2.75, 3.05) is 19.7 Å². The maximum absolute atomic E-state index is 8.63. The van der Waals surface area contributed by atoms with Gasteiger partial charge in [-0.05, 0) is 31.0 Å². The number of ether oxygens (including phenoxy) is 1. The Balaban J connectivity index is 1.53. The van der Waals surface area contributed by atoms with Gasteiger partial charge in [-0.15, -0.1) is 0 Å². The summed E-state index contributed by atoms with van der Waals surface area (Å²) >= 11 is 0. The third kappa shape index (κ3) is 1.63. The zero-order valence-electron chi connectivity index (χ0n) is 8.89. The molecule has 2 fully saturated rings. The van der Waals surface area contributed by atoms with Gasteiger partial charge in [-0.3, -0.25) is 0 Å². The van der Waals surface area contributed by atoms with Gasteiger partial charge < -0.3 is 10.1 Å². The van der Waals surface area contributed by atoms with Gasteiger partial charge >= 0.3 is 0 Å². The molecular weight excluding hydrogens is 202 g/mol. The predicted molar refractivity (Wildman–Crippen MR) is 57.8 cm³/mol. The Labute approximate surface area is 94.2 Å². The first-order chi connectivity index (χ1) is 7.88. The zero-order valence-corrected chi connectivity index (χ0v) is 8.89. The van der Waals surface area contributed by atoms with Crippen LogP contribution in [0.5, 0.6) is 5.88 Å². The first kappa shape index (κ1) is 9.61. The highest BCUT2D eigenvalue weighted by molar-refractivity contribution is 5.28. The van der Waals surface area contributed by atoms with Gasteiger partial charge in [0.2, 0.25) is 5.88 Å². The number of hydrogen-bond donors (Lipinski definition) is 1. The molecular formula is C12H13N3O. The van der Waals surface area contributed by atoms with Crippen LogP contribution in [-0.2, 0) is 0 Å². The second kappa shape index (κ2) is 3.76. The number of rotatable bonds is 3. The molecule has 2 heterocycles. The van der Waals surface area contributed by atoms with Crippen LogP contribution >= 0.6 is 0 Å². The van der Waals surface area contributed by atoms with Gasteiger partial charge in [0.1, 0.15) is 6.07 Å². The van der Waals surface area contributed by atoms with Gasteiger partial charge in [0.15, 0.2) is 0 Å². The molecule has 1 aromatic heterocycles. The summed E-state index contributed by atoms with van der Waals surface area (Å²) in [5, 5.41) is 12.0. The van der Waals surface area contributed by atoms with E-state index in [-0.39, 0.29) is 0 Å². The third-order valence-electron chi connectivity index (χ3n) is 3.56. The molecule has 0 amide bonds. The predicted octanol–water partition coefficient (Wildman–Crippen LogP) is 0.797. The van der Waals surface area contributed by atoms with Crippen LogP contribution in [0, 0.1) is 29.1 Å². The number of pyridine rings is 1. The minimum absolute atomic E-state index is 0.569. The van der Waals surface area contributed by atoms with Crippen LogP contribution in [0.15, 0.2) is 18.3 Å². The van der Waals surface area contributed by atoms with Gasteiger partial charge in [0.25, 0.3) is 0 Å². The molecule has 2 aliphatic rings. The van der Waals surface area contributed by atoms with Gasteiger partial charge in [-0.25, -0.2) is 4.98 Å². The second-order valence-electron chi connectivity index (χ2n) is 4.46. The van der Waals surface area contributed by atoms with E-state index in [9.17, 15) is 0 Å². The molecule has 0 bridgehead atoms. The second-order valence-corrected chi connectivity index (χ2v) is 4.46. The number of hydrogen-bond acceptors (Lipinski definition) is 4. The molecule has 1 aliphatic heterocycles. The summed E-state index contributed by atoms with van der Waals surface area (Å²) in [7, 11) is 0. The first-order valence-corrected chi connectivity index (χ1v) is 5.58. The molecule has 0 aromatic carbocycles. The smallest absolute Gasteiger partial charge is 0.213 e. The number of nitriles is 1. The number of fused-ring (bicyclic) bond motifs is 1. The van der Waals surface area contributed by atoms with Gasteiger partial charge in [0.05, 0.1) is 12.2 Å². The maximum atomic E-state index is 8.63. The molecule has 4 nitrogen and oxygen atoms in total. The lowest BCUT2D eigenvalue weighted by atomic mass is 10.3. The van der Waals surface area contributed by atoms with Crippen molar-refractivity contribution < 1.29 is 4.74 Å². The number of piperidine rings is 1. The first-order valence-electron chi connectivity index (χ1n) is 5.58. The van der Waals surface area contributed by atoms with Crippen molar-refractivity contribution in [1.29, 1.82) is 5.26 Å². The molecule has 1 aromatic rings. The van der Waals surface area contributed by atoms with Crippen molar-refractivity contribution >= 4 is 0 Å². The SMILES string of the molecule is N#Cc1ccc(OCC2C3CNCC32)nc1. The summed E-state index contributed by atoms with van der Waals surface area (Å²) < 4.78 is 5.62. The van der Waals surface area contributed by atoms with E-state index in [1.165, 1.54) is 0 Å². The minimum Gasteiger partial charge on any atom is -0.477 e. The molecule has 82 valence electrons. The van der Waals surface area contributed by atoms with E-state index in [0.717, 1.165) is 31.5 Å². The van der Waals surface area contributed by atoms with Crippen LogP contribution < -0.4 is 10.1 Å². The summed E-state index contributed by atoms with van der Waals surface area (Å²) in [6.45, 7) is 3.04. The van der Waals surface area contributed by atoms with Crippen LogP contribution in [0.4, 0.5) is 0 Å². The van der Waals surface area contributed by atoms with Gasteiger partial charge in [-0.1, -0.05) is 0 Å². The fourth-order valence-electron chi connectivity index (χ4n) is 2.51. The molecule has 2 atom stereocenters. The van der Waals surface area contributed by atoms with E-state index in [1.807, 2.05) is 6.07 Å². The van der Waals surface area contributed by atoms with Crippen LogP contribution in [0.25, 0.3) is 0 Å². The lowest BCUT2D eigenvalue weighted by molar-refractivity contribution is 0.270. The summed E-state index contributed by atoms with van der Waals surface area (Å²) in [5.41, 5.74) is 0.569. The average Bonchev–Trinajstić information content (AvgIpc) is 2.77. The Morgan fingerprint density at radius 2 is 2.25 bits per heavy atom. The summed E-state index contributed by atoms with van der Waals surface area (Å²) in [6, 6.07) is 5.53. The van der Waals surface area contributed by atoms with E-state index in [1.54, 1.807) is 18.3 Å².